The van der Waals surface area contributed by atoms with E-state index in [1.807, 2.05) is 45.3 Å². The van der Waals surface area contributed by atoms with Gasteiger partial charge in [-0.2, -0.15) is 0 Å². The van der Waals surface area contributed by atoms with Crippen molar-refractivity contribution in [3.63, 3.8) is 0 Å². The van der Waals surface area contributed by atoms with E-state index in [0.29, 0.717) is 6.61 Å². The molecule has 0 aliphatic heterocycles. The van der Waals surface area contributed by atoms with Crippen LogP contribution in [0.5, 0.6) is 5.75 Å². The molecule has 0 saturated heterocycles. The van der Waals surface area contributed by atoms with E-state index in [2.05, 4.69) is 10.3 Å². The molecule has 1 aromatic heterocycles. The number of hydrogen-bond acceptors (Lipinski definition) is 4. The van der Waals surface area contributed by atoms with E-state index in [-0.39, 0.29) is 6.04 Å². The van der Waals surface area contributed by atoms with Crippen molar-refractivity contribution < 1.29 is 4.74 Å². The van der Waals surface area contributed by atoms with Crippen LogP contribution in [0.25, 0.3) is 0 Å². The quantitative estimate of drug-likeness (QED) is 0.892. The van der Waals surface area contributed by atoms with E-state index in [9.17, 15) is 0 Å². The molecule has 1 atom stereocenters. The maximum Gasteiger partial charge on any atom is 0.134 e. The Labute approximate surface area is 107 Å². The maximum atomic E-state index is 5.93. The van der Waals surface area contributed by atoms with Crippen LogP contribution in [0.1, 0.15) is 29.8 Å². The Balaban J connectivity index is 2.15. The molecule has 2 rings (SSSR count). The third kappa shape index (κ3) is 2.87. The lowest BCUT2D eigenvalue weighted by Gasteiger charge is -2.14. The van der Waals surface area contributed by atoms with Gasteiger partial charge in [0.25, 0.3) is 0 Å². The van der Waals surface area contributed by atoms with E-state index in [4.69, 9.17) is 10.5 Å². The number of ether oxygens (including phenoxy) is 1. The highest BCUT2D eigenvalue weighted by Crippen LogP contribution is 2.25. The van der Waals surface area contributed by atoms with Gasteiger partial charge in [0.05, 0.1) is 6.20 Å². The second kappa shape index (κ2) is 5.18. The molecule has 5 nitrogen and oxygen atoms in total. The number of aryl methyl sites for hydroxylation is 2. The Morgan fingerprint density at radius 3 is 2.83 bits per heavy atom. The lowest BCUT2D eigenvalue weighted by molar-refractivity contribution is 0.296. The first-order valence-corrected chi connectivity index (χ1v) is 5.90. The van der Waals surface area contributed by atoms with Crippen LogP contribution >= 0.6 is 0 Å². The molecule has 0 unspecified atom stereocenters. The minimum atomic E-state index is -0.0533. The van der Waals surface area contributed by atoms with Crippen LogP contribution in [0, 0.1) is 6.92 Å². The number of nitrogens with two attached hydrogens (primary N) is 1. The Hall–Kier alpha value is -1.88. The van der Waals surface area contributed by atoms with Crippen LogP contribution in [0.15, 0.2) is 24.4 Å². The lowest BCUT2D eigenvalue weighted by Crippen LogP contribution is -2.08. The Bertz CT molecular complexity index is 534. The van der Waals surface area contributed by atoms with Gasteiger partial charge in [-0.05, 0) is 25.5 Å². The summed E-state index contributed by atoms with van der Waals surface area (Å²) in [7, 11) is 1.83. The van der Waals surface area contributed by atoms with E-state index < -0.39 is 0 Å². The van der Waals surface area contributed by atoms with Crippen molar-refractivity contribution in [2.45, 2.75) is 26.5 Å². The zero-order valence-corrected chi connectivity index (χ0v) is 10.9. The molecule has 0 bridgehead atoms. The van der Waals surface area contributed by atoms with Gasteiger partial charge >= 0.3 is 0 Å². The monoisotopic (exact) mass is 246 g/mol. The van der Waals surface area contributed by atoms with Gasteiger partial charge in [-0.15, -0.1) is 5.10 Å². The molecule has 0 spiro atoms. The highest BCUT2D eigenvalue weighted by atomic mass is 16.5. The van der Waals surface area contributed by atoms with Crippen molar-refractivity contribution in [1.29, 1.82) is 0 Å². The zero-order chi connectivity index (χ0) is 13.1. The molecule has 1 aromatic carbocycles. The summed E-state index contributed by atoms with van der Waals surface area (Å²) < 4.78 is 7.44. The van der Waals surface area contributed by atoms with Crippen LogP contribution in [0.2, 0.25) is 0 Å². The fraction of sp³-hybridized carbons (Fsp3) is 0.385. The summed E-state index contributed by atoms with van der Waals surface area (Å²) in [6.07, 6.45) is 1.83. The van der Waals surface area contributed by atoms with E-state index in [1.165, 1.54) is 0 Å². The van der Waals surface area contributed by atoms with Gasteiger partial charge < -0.3 is 10.5 Å². The molecule has 1 heterocycles. The molecule has 18 heavy (non-hydrogen) atoms. The van der Waals surface area contributed by atoms with Gasteiger partial charge in [-0.25, -0.2) is 0 Å². The highest BCUT2D eigenvalue weighted by Gasteiger charge is 2.09. The average Bonchev–Trinajstić information content (AvgIpc) is 2.72. The zero-order valence-electron chi connectivity index (χ0n) is 10.9. The first kappa shape index (κ1) is 12.6. The van der Waals surface area contributed by atoms with E-state index in [0.717, 1.165) is 22.6 Å². The van der Waals surface area contributed by atoms with Gasteiger partial charge in [0, 0.05) is 18.7 Å². The third-order valence-electron chi connectivity index (χ3n) is 2.69. The van der Waals surface area contributed by atoms with Crippen LogP contribution in [-0.2, 0) is 13.7 Å². The maximum absolute atomic E-state index is 5.93. The molecule has 0 aliphatic rings. The fourth-order valence-corrected chi connectivity index (χ4v) is 1.76. The summed E-state index contributed by atoms with van der Waals surface area (Å²) in [5.74, 6) is 0.815. The second-order valence-corrected chi connectivity index (χ2v) is 4.50. The lowest BCUT2D eigenvalue weighted by atomic mass is 10.1. The first-order valence-electron chi connectivity index (χ1n) is 5.90. The molecule has 0 amide bonds. The first-order chi connectivity index (χ1) is 8.56. The fourth-order valence-electron chi connectivity index (χ4n) is 1.76. The number of rotatable bonds is 4. The molecule has 2 aromatic rings. The number of hydrogen-bond donors (Lipinski definition) is 1. The normalized spacial score (nSPS) is 12.4. The van der Waals surface area contributed by atoms with E-state index >= 15 is 0 Å². The molecule has 96 valence electrons. The highest BCUT2D eigenvalue weighted by molar-refractivity contribution is 5.38. The van der Waals surface area contributed by atoms with Gasteiger partial charge in [-0.3, -0.25) is 4.68 Å². The number of nitrogens with zero attached hydrogens (tertiary/aromatic N) is 3. The topological polar surface area (TPSA) is 66.0 Å². The summed E-state index contributed by atoms with van der Waals surface area (Å²) >= 11 is 0. The summed E-state index contributed by atoms with van der Waals surface area (Å²) in [5, 5.41) is 7.85. The van der Waals surface area contributed by atoms with Gasteiger partial charge in [0.15, 0.2) is 0 Å². The minimum Gasteiger partial charge on any atom is -0.487 e. The van der Waals surface area contributed by atoms with Crippen molar-refractivity contribution in [2.24, 2.45) is 12.8 Å². The molecular weight excluding hydrogens is 228 g/mol. The summed E-state index contributed by atoms with van der Waals surface area (Å²) in [6.45, 7) is 4.37. The summed E-state index contributed by atoms with van der Waals surface area (Å²) in [4.78, 5) is 0. The van der Waals surface area contributed by atoms with Crippen molar-refractivity contribution in [3.05, 3.63) is 41.2 Å². The minimum absolute atomic E-state index is 0.0533. The SMILES string of the molecule is Cc1ccc([C@H](C)N)c(OCc2cn(C)nn2)c1. The van der Waals surface area contributed by atoms with Gasteiger partial charge in [0.2, 0.25) is 0 Å². The number of aromatic nitrogens is 3. The van der Waals surface area contributed by atoms with Gasteiger partial charge in [-0.1, -0.05) is 17.3 Å². The molecule has 0 radical (unpaired) electrons. The third-order valence-corrected chi connectivity index (χ3v) is 2.69. The molecule has 0 fully saturated rings. The van der Waals surface area contributed by atoms with Crippen molar-refractivity contribution >= 4 is 0 Å². The van der Waals surface area contributed by atoms with Crippen molar-refractivity contribution in [3.8, 4) is 5.75 Å². The largest absolute Gasteiger partial charge is 0.487 e. The molecular formula is C13H18N4O. The molecule has 5 heteroatoms. The molecule has 2 N–H and O–H groups in total. The van der Waals surface area contributed by atoms with Crippen LogP contribution in [0.4, 0.5) is 0 Å². The van der Waals surface area contributed by atoms with Crippen LogP contribution in [-0.4, -0.2) is 15.0 Å². The summed E-state index contributed by atoms with van der Waals surface area (Å²) in [5.41, 5.74) is 8.88. The van der Waals surface area contributed by atoms with E-state index in [1.54, 1.807) is 4.68 Å². The predicted octanol–water partition coefficient (Wildman–Crippen LogP) is 1.72. The Kier molecular flexibility index (Phi) is 3.62. The Morgan fingerprint density at radius 2 is 2.22 bits per heavy atom. The standard InChI is InChI=1S/C13H18N4O/c1-9-4-5-12(10(2)14)13(6-9)18-8-11-7-17(3)16-15-11/h4-7,10H,8,14H2,1-3H3/t10-/m0/s1. The number of benzene rings is 1. The predicted molar refractivity (Wildman–Crippen MR) is 69.1 cm³/mol. The van der Waals surface area contributed by atoms with Crippen LogP contribution in [0.3, 0.4) is 0 Å². The molecule has 0 saturated carbocycles. The Morgan fingerprint density at radius 1 is 1.44 bits per heavy atom. The average molecular weight is 246 g/mol. The van der Waals surface area contributed by atoms with Crippen LogP contribution < -0.4 is 10.5 Å². The molecule has 0 aliphatic carbocycles. The van der Waals surface area contributed by atoms with Crippen molar-refractivity contribution in [1.82, 2.24) is 15.0 Å². The summed E-state index contributed by atoms with van der Waals surface area (Å²) in [6, 6.07) is 5.98. The second-order valence-electron chi connectivity index (χ2n) is 4.50. The van der Waals surface area contributed by atoms with Crippen molar-refractivity contribution in [2.75, 3.05) is 0 Å². The smallest absolute Gasteiger partial charge is 0.134 e. The van der Waals surface area contributed by atoms with Gasteiger partial charge in [0.1, 0.15) is 18.1 Å².